The van der Waals surface area contributed by atoms with E-state index in [1.807, 2.05) is 13.0 Å². The van der Waals surface area contributed by atoms with Gasteiger partial charge >= 0.3 is 0 Å². The van der Waals surface area contributed by atoms with Crippen molar-refractivity contribution in [3.63, 3.8) is 0 Å². The van der Waals surface area contributed by atoms with Gasteiger partial charge in [-0.15, -0.1) is 6.58 Å². The van der Waals surface area contributed by atoms with Crippen LogP contribution in [-0.2, 0) is 11.2 Å². The highest BCUT2D eigenvalue weighted by atomic mass is 16.5. The van der Waals surface area contributed by atoms with E-state index < -0.39 is 0 Å². The molecule has 0 saturated carbocycles. The molecule has 1 amide bonds. The molecule has 4 nitrogen and oxygen atoms in total. The second-order valence-corrected chi connectivity index (χ2v) is 4.35. The maximum absolute atomic E-state index is 12.1. The second kappa shape index (κ2) is 7.59. The molecular formula is C15H21NO3. The van der Waals surface area contributed by atoms with Crippen molar-refractivity contribution < 1.29 is 14.3 Å². The molecule has 4 heteroatoms. The average Bonchev–Trinajstić information content (AvgIpc) is 2.39. The van der Waals surface area contributed by atoms with Gasteiger partial charge in [0, 0.05) is 18.7 Å². The molecule has 0 radical (unpaired) electrons. The molecule has 0 aliphatic carbocycles. The van der Waals surface area contributed by atoms with Crippen molar-refractivity contribution in [2.24, 2.45) is 0 Å². The minimum absolute atomic E-state index is 0.0255. The monoisotopic (exact) mass is 263 g/mol. The molecule has 1 aromatic carbocycles. The van der Waals surface area contributed by atoms with E-state index in [-0.39, 0.29) is 11.9 Å². The first-order chi connectivity index (χ1) is 9.12. The van der Waals surface area contributed by atoms with Gasteiger partial charge in [-0.25, -0.2) is 0 Å². The predicted octanol–water partition coefficient (Wildman–Crippen LogP) is 2.19. The van der Waals surface area contributed by atoms with Crippen molar-refractivity contribution in [2.45, 2.75) is 19.4 Å². The standard InChI is InChI=1S/C15H21NO3/c1-5-6-12-9-13(7-8-14(12)19-4)15(17)16-11(2)10-18-3/h5,7-9,11H,1,6,10H2,2-4H3,(H,16,17)/t11-/m0/s1. The zero-order valence-electron chi connectivity index (χ0n) is 11.7. The van der Waals surface area contributed by atoms with Crippen LogP contribution in [0.4, 0.5) is 0 Å². The van der Waals surface area contributed by atoms with Gasteiger partial charge in [0.2, 0.25) is 0 Å². The molecule has 1 atom stereocenters. The van der Waals surface area contributed by atoms with Crippen molar-refractivity contribution in [1.29, 1.82) is 0 Å². The first-order valence-corrected chi connectivity index (χ1v) is 6.20. The van der Waals surface area contributed by atoms with Gasteiger partial charge in [0.05, 0.1) is 13.7 Å². The summed E-state index contributed by atoms with van der Waals surface area (Å²) in [4.78, 5) is 12.1. The van der Waals surface area contributed by atoms with Gasteiger partial charge in [-0.1, -0.05) is 6.08 Å². The van der Waals surface area contributed by atoms with E-state index >= 15 is 0 Å². The summed E-state index contributed by atoms with van der Waals surface area (Å²) >= 11 is 0. The Bertz CT molecular complexity index is 443. The van der Waals surface area contributed by atoms with Crippen molar-refractivity contribution in [3.05, 3.63) is 42.0 Å². The Hall–Kier alpha value is -1.81. The number of rotatable bonds is 7. The fraction of sp³-hybridized carbons (Fsp3) is 0.400. The van der Waals surface area contributed by atoms with E-state index in [1.165, 1.54) is 0 Å². The first-order valence-electron chi connectivity index (χ1n) is 6.20. The summed E-state index contributed by atoms with van der Waals surface area (Å²) in [6.45, 7) is 6.09. The third kappa shape index (κ3) is 4.41. The SMILES string of the molecule is C=CCc1cc(C(=O)N[C@@H](C)COC)ccc1OC. The molecule has 0 saturated heterocycles. The van der Waals surface area contributed by atoms with Crippen molar-refractivity contribution in [1.82, 2.24) is 5.32 Å². The van der Waals surface area contributed by atoms with Gasteiger partial charge in [0.25, 0.3) is 5.91 Å². The maximum atomic E-state index is 12.1. The molecule has 0 fully saturated rings. The molecule has 104 valence electrons. The molecule has 1 aromatic rings. The lowest BCUT2D eigenvalue weighted by Gasteiger charge is -2.14. The lowest BCUT2D eigenvalue weighted by molar-refractivity contribution is 0.0905. The van der Waals surface area contributed by atoms with E-state index in [0.717, 1.165) is 11.3 Å². The van der Waals surface area contributed by atoms with Gasteiger partial charge in [0.1, 0.15) is 5.75 Å². The van der Waals surface area contributed by atoms with Crippen LogP contribution in [0.25, 0.3) is 0 Å². The summed E-state index contributed by atoms with van der Waals surface area (Å²) in [5.74, 6) is 0.652. The summed E-state index contributed by atoms with van der Waals surface area (Å²) in [6.07, 6.45) is 2.45. The number of amides is 1. The number of allylic oxidation sites excluding steroid dienone is 1. The number of ether oxygens (including phenoxy) is 2. The van der Waals surface area contributed by atoms with Gasteiger partial charge in [-0.05, 0) is 37.1 Å². The first kappa shape index (κ1) is 15.2. The van der Waals surface area contributed by atoms with Crippen molar-refractivity contribution in [2.75, 3.05) is 20.8 Å². The van der Waals surface area contributed by atoms with Crippen LogP contribution < -0.4 is 10.1 Å². The molecule has 1 rings (SSSR count). The highest BCUT2D eigenvalue weighted by molar-refractivity contribution is 5.94. The Morgan fingerprint density at radius 3 is 2.79 bits per heavy atom. The number of carbonyl (C=O) groups is 1. The van der Waals surface area contributed by atoms with Gasteiger partial charge in [-0.3, -0.25) is 4.79 Å². The number of hydrogen-bond acceptors (Lipinski definition) is 3. The third-order valence-corrected chi connectivity index (χ3v) is 2.70. The Labute approximate surface area is 114 Å². The molecule has 0 spiro atoms. The number of nitrogens with one attached hydrogen (secondary N) is 1. The highest BCUT2D eigenvalue weighted by Gasteiger charge is 2.12. The summed E-state index contributed by atoms with van der Waals surface area (Å²) in [5, 5.41) is 2.87. The van der Waals surface area contributed by atoms with Crippen LogP contribution >= 0.6 is 0 Å². The lowest BCUT2D eigenvalue weighted by Crippen LogP contribution is -2.35. The molecule has 0 heterocycles. The van der Waals surface area contributed by atoms with Crippen molar-refractivity contribution in [3.8, 4) is 5.75 Å². The Kier molecular flexibility index (Phi) is 6.09. The van der Waals surface area contributed by atoms with Crippen LogP contribution in [0.1, 0.15) is 22.8 Å². The lowest BCUT2D eigenvalue weighted by atomic mass is 10.1. The number of carbonyl (C=O) groups excluding carboxylic acids is 1. The maximum Gasteiger partial charge on any atom is 0.251 e. The van der Waals surface area contributed by atoms with E-state index in [1.54, 1.807) is 32.4 Å². The number of hydrogen-bond donors (Lipinski definition) is 1. The number of benzene rings is 1. The largest absolute Gasteiger partial charge is 0.496 e. The summed E-state index contributed by atoms with van der Waals surface area (Å²) in [7, 11) is 3.22. The molecule has 0 aliphatic heterocycles. The molecule has 0 unspecified atom stereocenters. The predicted molar refractivity (Wildman–Crippen MR) is 75.7 cm³/mol. The van der Waals surface area contributed by atoms with Crippen LogP contribution in [0.3, 0.4) is 0 Å². The molecule has 0 aromatic heterocycles. The highest BCUT2D eigenvalue weighted by Crippen LogP contribution is 2.20. The van der Waals surface area contributed by atoms with Gasteiger partial charge < -0.3 is 14.8 Å². The van der Waals surface area contributed by atoms with Crippen LogP contribution in [0, 0.1) is 0 Å². The minimum atomic E-state index is -0.113. The molecule has 1 N–H and O–H groups in total. The summed E-state index contributed by atoms with van der Waals surface area (Å²) in [5.41, 5.74) is 1.56. The quantitative estimate of drug-likeness (QED) is 0.767. The molecule has 19 heavy (non-hydrogen) atoms. The zero-order chi connectivity index (χ0) is 14.3. The van der Waals surface area contributed by atoms with Crippen LogP contribution in [0.2, 0.25) is 0 Å². The van der Waals surface area contributed by atoms with E-state index in [2.05, 4.69) is 11.9 Å². The normalized spacial score (nSPS) is 11.7. The molecule has 0 bridgehead atoms. The smallest absolute Gasteiger partial charge is 0.251 e. The summed E-state index contributed by atoms with van der Waals surface area (Å²) < 4.78 is 10.2. The number of methoxy groups -OCH3 is 2. The molecular weight excluding hydrogens is 242 g/mol. The topological polar surface area (TPSA) is 47.6 Å². The van der Waals surface area contributed by atoms with Crippen LogP contribution in [0.15, 0.2) is 30.9 Å². The second-order valence-electron chi connectivity index (χ2n) is 4.35. The van der Waals surface area contributed by atoms with Gasteiger partial charge in [-0.2, -0.15) is 0 Å². The van der Waals surface area contributed by atoms with E-state index in [4.69, 9.17) is 9.47 Å². The average molecular weight is 263 g/mol. The van der Waals surface area contributed by atoms with Crippen LogP contribution in [-0.4, -0.2) is 32.8 Å². The minimum Gasteiger partial charge on any atom is -0.496 e. The Morgan fingerprint density at radius 1 is 1.47 bits per heavy atom. The Morgan fingerprint density at radius 2 is 2.21 bits per heavy atom. The van der Waals surface area contributed by atoms with Crippen molar-refractivity contribution >= 4 is 5.91 Å². The fourth-order valence-corrected chi connectivity index (χ4v) is 1.83. The van der Waals surface area contributed by atoms with E-state index in [9.17, 15) is 4.79 Å². The zero-order valence-corrected chi connectivity index (χ0v) is 11.7. The fourth-order valence-electron chi connectivity index (χ4n) is 1.83. The summed E-state index contributed by atoms with van der Waals surface area (Å²) in [6, 6.07) is 5.35. The van der Waals surface area contributed by atoms with Gasteiger partial charge in [0.15, 0.2) is 0 Å². The van der Waals surface area contributed by atoms with E-state index in [0.29, 0.717) is 18.6 Å². The molecule has 0 aliphatic rings. The third-order valence-electron chi connectivity index (χ3n) is 2.70. The Balaban J connectivity index is 2.85. The van der Waals surface area contributed by atoms with Crippen LogP contribution in [0.5, 0.6) is 5.75 Å².